The number of ketones is 1. The van der Waals surface area contributed by atoms with Crippen molar-refractivity contribution in [2.45, 2.75) is 102 Å². The first kappa shape index (κ1) is 25.8. The standard InChI is InChI=1S/C26H32O11/c1-11-15(30)8-9-23(5)17(11)19(34-14(4)29)26-21(35-22(31)25(26,7)37-26)20-24(6,36-20)10-16(32-12(2)27)18(23)33-13(3)28/h8-9,11,16-21H,10H2,1-7H3. The number of carbonyl (C=O) groups excluding carboxylic acids is 5. The van der Waals surface area contributed by atoms with Crippen LogP contribution in [0.3, 0.4) is 0 Å². The number of hydrogen-bond acceptors (Lipinski definition) is 11. The van der Waals surface area contributed by atoms with E-state index in [0.717, 1.165) is 0 Å². The second-order valence-electron chi connectivity index (χ2n) is 11.4. The third-order valence-corrected chi connectivity index (χ3v) is 8.86. The van der Waals surface area contributed by atoms with E-state index in [0.29, 0.717) is 0 Å². The molecule has 202 valence electrons. The van der Waals surface area contributed by atoms with Crippen molar-refractivity contribution < 1.29 is 52.4 Å². The number of ether oxygens (including phenoxy) is 6. The molecule has 4 fully saturated rings. The van der Waals surface area contributed by atoms with Crippen LogP contribution < -0.4 is 0 Å². The van der Waals surface area contributed by atoms with Crippen molar-refractivity contribution >= 4 is 29.7 Å². The molecule has 0 bridgehead atoms. The smallest absolute Gasteiger partial charge is 0.342 e. The van der Waals surface area contributed by atoms with Gasteiger partial charge in [0.2, 0.25) is 0 Å². The van der Waals surface area contributed by atoms with Crippen LogP contribution in [-0.2, 0) is 52.4 Å². The average Bonchev–Trinajstić information content (AvgIpc) is 3.61. The third-order valence-electron chi connectivity index (χ3n) is 8.86. The van der Waals surface area contributed by atoms with Crippen molar-refractivity contribution in [2.75, 3.05) is 0 Å². The van der Waals surface area contributed by atoms with Crippen LogP contribution in [0, 0.1) is 17.3 Å². The van der Waals surface area contributed by atoms with E-state index >= 15 is 0 Å². The minimum atomic E-state index is -1.43. The number of hydrogen-bond donors (Lipinski definition) is 0. The predicted octanol–water partition coefficient (Wildman–Crippen LogP) is 1.19. The Morgan fingerprint density at radius 1 is 0.919 bits per heavy atom. The molecule has 2 aliphatic carbocycles. The highest BCUT2D eigenvalue weighted by Gasteiger charge is 2.91. The Bertz CT molecular complexity index is 1130. The van der Waals surface area contributed by atoms with Crippen molar-refractivity contribution in [1.82, 2.24) is 0 Å². The molecule has 0 aromatic rings. The normalized spacial score (nSPS) is 49.3. The maximum Gasteiger partial charge on any atom is 0.342 e. The fraction of sp³-hybridized carbons (Fsp3) is 0.731. The van der Waals surface area contributed by atoms with E-state index in [2.05, 4.69) is 0 Å². The summed E-state index contributed by atoms with van der Waals surface area (Å²) in [5.41, 5.74) is -4.99. The summed E-state index contributed by atoms with van der Waals surface area (Å²) in [7, 11) is 0. The topological polar surface area (TPSA) is 147 Å². The highest BCUT2D eigenvalue weighted by atomic mass is 16.8. The second-order valence-corrected chi connectivity index (χ2v) is 11.4. The zero-order valence-corrected chi connectivity index (χ0v) is 21.9. The summed E-state index contributed by atoms with van der Waals surface area (Å²) in [5.74, 6) is -4.32. The van der Waals surface area contributed by atoms with Gasteiger partial charge >= 0.3 is 23.9 Å². The van der Waals surface area contributed by atoms with Crippen LogP contribution in [0.5, 0.6) is 0 Å². The number of esters is 4. The van der Waals surface area contributed by atoms with E-state index in [1.165, 1.54) is 26.8 Å². The molecule has 11 unspecified atom stereocenters. The van der Waals surface area contributed by atoms with E-state index < -0.39 is 88.5 Å². The van der Waals surface area contributed by atoms with Gasteiger partial charge in [-0.05, 0) is 19.9 Å². The van der Waals surface area contributed by atoms with Crippen molar-refractivity contribution in [3.05, 3.63) is 12.2 Å². The lowest BCUT2D eigenvalue weighted by Crippen LogP contribution is -2.63. The molecule has 37 heavy (non-hydrogen) atoms. The second kappa shape index (κ2) is 7.86. The summed E-state index contributed by atoms with van der Waals surface area (Å²) in [6, 6.07) is 0. The summed E-state index contributed by atoms with van der Waals surface area (Å²) >= 11 is 0. The van der Waals surface area contributed by atoms with E-state index in [9.17, 15) is 24.0 Å². The van der Waals surface area contributed by atoms with Gasteiger partial charge in [0, 0.05) is 44.4 Å². The summed E-state index contributed by atoms with van der Waals surface area (Å²) in [5, 5.41) is 0. The van der Waals surface area contributed by atoms with Gasteiger partial charge in [0.25, 0.3) is 0 Å². The first-order chi connectivity index (χ1) is 17.1. The molecule has 0 aromatic heterocycles. The fourth-order valence-electron chi connectivity index (χ4n) is 7.06. The van der Waals surface area contributed by atoms with Crippen LogP contribution in [0.1, 0.15) is 54.9 Å². The van der Waals surface area contributed by atoms with Gasteiger partial charge in [0.1, 0.15) is 24.4 Å². The molecule has 1 spiro atoms. The van der Waals surface area contributed by atoms with Gasteiger partial charge in [-0.15, -0.1) is 0 Å². The highest BCUT2D eigenvalue weighted by Crippen LogP contribution is 2.68. The Morgan fingerprint density at radius 3 is 2.08 bits per heavy atom. The van der Waals surface area contributed by atoms with Crippen molar-refractivity contribution in [2.24, 2.45) is 17.3 Å². The van der Waals surface area contributed by atoms with Gasteiger partial charge in [-0.3, -0.25) is 19.2 Å². The number of allylic oxidation sites excluding steroid dienone is 1. The molecule has 1 saturated carbocycles. The first-order valence-corrected chi connectivity index (χ1v) is 12.4. The SMILES string of the molecule is CC(=O)OC1CC2(C)OC2C2OC(=O)C3(C)OC23C(OC(C)=O)C2C(C)C(=O)C=CC2(C)C1OC(C)=O. The van der Waals surface area contributed by atoms with Gasteiger partial charge in [-0.1, -0.05) is 19.9 Å². The van der Waals surface area contributed by atoms with Crippen LogP contribution in [-0.4, -0.2) is 77.0 Å². The van der Waals surface area contributed by atoms with Crippen molar-refractivity contribution in [3.63, 3.8) is 0 Å². The Labute approximate surface area is 214 Å². The molecule has 3 saturated heterocycles. The number of fused-ring (bicyclic) bond motifs is 3. The molecule has 5 rings (SSSR count). The minimum Gasteiger partial charge on any atom is -0.459 e. The highest BCUT2D eigenvalue weighted by molar-refractivity contribution is 5.93. The van der Waals surface area contributed by atoms with Crippen LogP contribution >= 0.6 is 0 Å². The average molecular weight is 521 g/mol. The molecule has 11 nitrogen and oxygen atoms in total. The third kappa shape index (κ3) is 3.49. The molecule has 3 aliphatic heterocycles. The summed E-state index contributed by atoms with van der Waals surface area (Å²) in [6.07, 6.45) is -1.72. The van der Waals surface area contributed by atoms with Crippen molar-refractivity contribution in [3.8, 4) is 0 Å². The van der Waals surface area contributed by atoms with Gasteiger partial charge in [-0.2, -0.15) is 0 Å². The fourth-order valence-corrected chi connectivity index (χ4v) is 7.06. The van der Waals surface area contributed by atoms with E-state index in [1.807, 2.05) is 0 Å². The molecule has 5 aliphatic rings. The van der Waals surface area contributed by atoms with Gasteiger partial charge in [0.05, 0.1) is 5.60 Å². The molecule has 0 amide bonds. The summed E-state index contributed by atoms with van der Waals surface area (Å²) in [6.45, 7) is 10.5. The van der Waals surface area contributed by atoms with Crippen LogP contribution in [0.25, 0.3) is 0 Å². The number of epoxide rings is 2. The van der Waals surface area contributed by atoms with E-state index in [4.69, 9.17) is 28.4 Å². The molecular formula is C26H32O11. The maximum atomic E-state index is 13.1. The van der Waals surface area contributed by atoms with Crippen molar-refractivity contribution in [1.29, 1.82) is 0 Å². The molecule has 0 aromatic carbocycles. The Kier molecular flexibility index (Phi) is 5.49. The Morgan fingerprint density at radius 2 is 1.51 bits per heavy atom. The lowest BCUT2D eigenvalue weighted by Gasteiger charge is -2.51. The van der Waals surface area contributed by atoms with Crippen LogP contribution in [0.2, 0.25) is 0 Å². The van der Waals surface area contributed by atoms with Crippen LogP contribution in [0.15, 0.2) is 12.2 Å². The molecule has 0 N–H and O–H groups in total. The quantitative estimate of drug-likeness (QED) is 0.300. The first-order valence-electron chi connectivity index (χ1n) is 12.4. The van der Waals surface area contributed by atoms with E-state index in [1.54, 1.807) is 33.8 Å². The summed E-state index contributed by atoms with van der Waals surface area (Å²) in [4.78, 5) is 63.2. The number of rotatable bonds is 3. The predicted molar refractivity (Wildman–Crippen MR) is 122 cm³/mol. The van der Waals surface area contributed by atoms with Gasteiger partial charge in [0.15, 0.2) is 23.1 Å². The Hall–Kier alpha value is -2.79. The maximum absolute atomic E-state index is 13.1. The number of carbonyl (C=O) groups is 5. The lowest BCUT2D eigenvalue weighted by atomic mass is 9.56. The van der Waals surface area contributed by atoms with Crippen LogP contribution in [0.4, 0.5) is 0 Å². The van der Waals surface area contributed by atoms with Gasteiger partial charge < -0.3 is 28.4 Å². The Balaban J connectivity index is 1.76. The monoisotopic (exact) mass is 520 g/mol. The molecule has 0 radical (unpaired) electrons. The minimum absolute atomic E-state index is 0.118. The largest absolute Gasteiger partial charge is 0.459 e. The molecular weight excluding hydrogens is 488 g/mol. The molecule has 3 heterocycles. The molecule has 11 atom stereocenters. The summed E-state index contributed by atoms with van der Waals surface area (Å²) < 4.78 is 35.5. The zero-order chi connectivity index (χ0) is 27.3. The lowest BCUT2D eigenvalue weighted by molar-refractivity contribution is -0.196. The zero-order valence-electron chi connectivity index (χ0n) is 21.9. The van der Waals surface area contributed by atoms with Gasteiger partial charge in [-0.25, -0.2) is 4.79 Å². The van der Waals surface area contributed by atoms with E-state index in [-0.39, 0.29) is 12.2 Å². The molecule has 11 heteroatoms.